The van der Waals surface area contributed by atoms with E-state index in [1.54, 1.807) is 7.11 Å². The number of aromatic nitrogens is 2. The third kappa shape index (κ3) is 7.13. The molecule has 0 fully saturated rings. The molecule has 2 aromatic carbocycles. The van der Waals surface area contributed by atoms with E-state index in [1.165, 1.54) is 5.56 Å². The quantitative estimate of drug-likeness (QED) is 0.439. The van der Waals surface area contributed by atoms with Gasteiger partial charge in [-0.05, 0) is 61.2 Å². The van der Waals surface area contributed by atoms with Crippen LogP contribution in [0.25, 0.3) is 11.4 Å². The first kappa shape index (κ1) is 22.3. The van der Waals surface area contributed by atoms with Crippen LogP contribution in [0.4, 0.5) is 0 Å². The van der Waals surface area contributed by atoms with Crippen molar-refractivity contribution in [1.29, 1.82) is 0 Å². The molecule has 7 heteroatoms. The van der Waals surface area contributed by atoms with Crippen LogP contribution in [0.5, 0.6) is 11.5 Å². The highest BCUT2D eigenvalue weighted by Crippen LogP contribution is 2.20. The van der Waals surface area contributed by atoms with Crippen LogP contribution in [0.2, 0.25) is 0 Å². The Labute approximate surface area is 182 Å². The number of aryl methyl sites for hydroxylation is 2. The second-order valence-corrected chi connectivity index (χ2v) is 7.19. The van der Waals surface area contributed by atoms with E-state index in [0.29, 0.717) is 24.7 Å². The lowest BCUT2D eigenvalue weighted by Gasteiger charge is -2.08. The summed E-state index contributed by atoms with van der Waals surface area (Å²) in [6, 6.07) is 15.4. The fourth-order valence-electron chi connectivity index (χ4n) is 3.07. The van der Waals surface area contributed by atoms with Crippen LogP contribution >= 0.6 is 0 Å². The molecule has 0 radical (unpaired) electrons. The van der Waals surface area contributed by atoms with Crippen molar-refractivity contribution in [3.63, 3.8) is 0 Å². The number of benzene rings is 2. The Bertz CT molecular complexity index is 953. The zero-order chi connectivity index (χ0) is 21.9. The highest BCUT2D eigenvalue weighted by atomic mass is 16.5. The molecule has 7 nitrogen and oxygen atoms in total. The van der Waals surface area contributed by atoms with E-state index in [4.69, 9.17) is 14.0 Å². The first-order valence-electron chi connectivity index (χ1n) is 10.6. The van der Waals surface area contributed by atoms with Crippen molar-refractivity contribution in [2.24, 2.45) is 0 Å². The number of carbonyl (C=O) groups excluding carboxylic acids is 1. The Morgan fingerprint density at radius 3 is 2.68 bits per heavy atom. The summed E-state index contributed by atoms with van der Waals surface area (Å²) in [7, 11) is 1.63. The topological polar surface area (TPSA) is 86.5 Å². The minimum Gasteiger partial charge on any atom is -0.497 e. The van der Waals surface area contributed by atoms with Gasteiger partial charge in [-0.25, -0.2) is 0 Å². The van der Waals surface area contributed by atoms with Crippen molar-refractivity contribution >= 4 is 5.91 Å². The third-order valence-electron chi connectivity index (χ3n) is 4.88. The number of rotatable bonds is 12. The number of amides is 1. The van der Waals surface area contributed by atoms with Gasteiger partial charge in [-0.15, -0.1) is 0 Å². The lowest BCUT2D eigenvalue weighted by molar-refractivity contribution is -0.123. The molecule has 0 bridgehead atoms. The fraction of sp³-hybridized carbons (Fsp3) is 0.375. The Balaban J connectivity index is 1.29. The van der Waals surface area contributed by atoms with Gasteiger partial charge in [0.25, 0.3) is 5.91 Å². The van der Waals surface area contributed by atoms with E-state index >= 15 is 0 Å². The van der Waals surface area contributed by atoms with Gasteiger partial charge in [0, 0.05) is 18.5 Å². The second kappa shape index (κ2) is 11.7. The van der Waals surface area contributed by atoms with Gasteiger partial charge in [0.15, 0.2) is 6.61 Å². The Morgan fingerprint density at radius 1 is 1.06 bits per heavy atom. The van der Waals surface area contributed by atoms with Gasteiger partial charge in [0.2, 0.25) is 11.7 Å². The first-order valence-corrected chi connectivity index (χ1v) is 10.6. The van der Waals surface area contributed by atoms with Crippen molar-refractivity contribution < 1.29 is 18.8 Å². The predicted molar refractivity (Wildman–Crippen MR) is 118 cm³/mol. The average molecular weight is 424 g/mol. The molecule has 1 amide bonds. The number of unbranched alkanes of at least 4 members (excludes halogenated alkanes) is 2. The minimum atomic E-state index is -0.108. The molecule has 0 aliphatic rings. The van der Waals surface area contributed by atoms with Crippen molar-refractivity contribution in [3.05, 3.63) is 60.0 Å². The fourth-order valence-corrected chi connectivity index (χ4v) is 3.07. The SMILES string of the molecule is CCc1cccc(OCC(=O)NCCCCCc2nc(-c3ccc(OC)cc3)no2)c1. The van der Waals surface area contributed by atoms with Crippen molar-refractivity contribution in [2.45, 2.75) is 39.0 Å². The largest absolute Gasteiger partial charge is 0.497 e. The van der Waals surface area contributed by atoms with E-state index in [0.717, 1.165) is 42.7 Å². The van der Waals surface area contributed by atoms with E-state index in [1.807, 2.05) is 48.5 Å². The van der Waals surface area contributed by atoms with Gasteiger partial charge in [-0.3, -0.25) is 4.79 Å². The molecule has 3 aromatic rings. The van der Waals surface area contributed by atoms with Crippen LogP contribution in [-0.4, -0.2) is 36.3 Å². The summed E-state index contributed by atoms with van der Waals surface area (Å²) >= 11 is 0. The normalized spacial score (nSPS) is 10.6. The highest BCUT2D eigenvalue weighted by molar-refractivity contribution is 5.77. The lowest BCUT2D eigenvalue weighted by Crippen LogP contribution is -2.29. The van der Waals surface area contributed by atoms with Gasteiger partial charge < -0.3 is 19.3 Å². The van der Waals surface area contributed by atoms with Crippen LogP contribution in [0.15, 0.2) is 53.1 Å². The first-order chi connectivity index (χ1) is 15.2. The molecular formula is C24H29N3O4. The number of hydrogen-bond donors (Lipinski definition) is 1. The van der Waals surface area contributed by atoms with Crippen LogP contribution in [0, 0.1) is 0 Å². The molecule has 0 saturated carbocycles. The van der Waals surface area contributed by atoms with Gasteiger partial charge in [-0.2, -0.15) is 4.98 Å². The van der Waals surface area contributed by atoms with Crippen LogP contribution in [0.1, 0.15) is 37.6 Å². The maximum atomic E-state index is 11.9. The van der Waals surface area contributed by atoms with E-state index in [2.05, 4.69) is 22.4 Å². The summed E-state index contributed by atoms with van der Waals surface area (Å²) in [5.41, 5.74) is 2.08. The number of nitrogens with zero attached hydrogens (tertiary/aromatic N) is 2. The molecule has 31 heavy (non-hydrogen) atoms. The monoisotopic (exact) mass is 423 g/mol. The van der Waals surface area contributed by atoms with Gasteiger partial charge in [0.1, 0.15) is 11.5 Å². The Kier molecular flexibility index (Phi) is 8.46. The van der Waals surface area contributed by atoms with Crippen molar-refractivity contribution in [1.82, 2.24) is 15.5 Å². The third-order valence-corrected chi connectivity index (χ3v) is 4.88. The summed E-state index contributed by atoms with van der Waals surface area (Å²) in [4.78, 5) is 16.4. The van der Waals surface area contributed by atoms with Gasteiger partial charge in [0.05, 0.1) is 7.11 Å². The van der Waals surface area contributed by atoms with Gasteiger partial charge in [-0.1, -0.05) is 30.6 Å². The van der Waals surface area contributed by atoms with Crippen LogP contribution in [-0.2, 0) is 17.6 Å². The molecule has 0 spiro atoms. The molecule has 164 valence electrons. The minimum absolute atomic E-state index is 0.0310. The summed E-state index contributed by atoms with van der Waals surface area (Å²) in [6.07, 6.45) is 4.42. The summed E-state index contributed by atoms with van der Waals surface area (Å²) in [6.45, 7) is 2.74. The summed E-state index contributed by atoms with van der Waals surface area (Å²) in [5, 5.41) is 6.93. The second-order valence-electron chi connectivity index (χ2n) is 7.19. The molecule has 0 unspecified atom stereocenters. The standard InChI is InChI=1S/C24H29N3O4/c1-3-18-8-7-9-21(16-18)30-17-22(28)25-15-6-4-5-10-23-26-24(27-31-23)19-11-13-20(29-2)14-12-19/h7-9,11-14,16H,3-6,10,15,17H2,1-2H3,(H,25,28). The number of nitrogens with one attached hydrogen (secondary N) is 1. The van der Waals surface area contributed by atoms with E-state index in [9.17, 15) is 4.79 Å². The molecule has 0 atom stereocenters. The Morgan fingerprint density at radius 2 is 1.90 bits per heavy atom. The average Bonchev–Trinajstić information content (AvgIpc) is 3.29. The molecule has 0 aliphatic heterocycles. The molecule has 1 heterocycles. The smallest absolute Gasteiger partial charge is 0.257 e. The molecule has 1 aromatic heterocycles. The molecule has 0 aliphatic carbocycles. The molecule has 1 N–H and O–H groups in total. The van der Waals surface area contributed by atoms with E-state index in [-0.39, 0.29) is 12.5 Å². The van der Waals surface area contributed by atoms with Gasteiger partial charge >= 0.3 is 0 Å². The van der Waals surface area contributed by atoms with Crippen LogP contribution in [0.3, 0.4) is 0 Å². The van der Waals surface area contributed by atoms with Crippen molar-refractivity contribution in [2.75, 3.05) is 20.3 Å². The molecular weight excluding hydrogens is 394 g/mol. The number of carbonyl (C=O) groups is 1. The number of ether oxygens (including phenoxy) is 2. The highest BCUT2D eigenvalue weighted by Gasteiger charge is 2.09. The van der Waals surface area contributed by atoms with Crippen LogP contribution < -0.4 is 14.8 Å². The Hall–Kier alpha value is -3.35. The predicted octanol–water partition coefficient (Wildman–Crippen LogP) is 4.22. The van der Waals surface area contributed by atoms with Crippen molar-refractivity contribution in [3.8, 4) is 22.9 Å². The zero-order valence-corrected chi connectivity index (χ0v) is 18.1. The molecule has 0 saturated heterocycles. The number of hydrogen-bond acceptors (Lipinski definition) is 6. The summed E-state index contributed by atoms with van der Waals surface area (Å²) < 4.78 is 16.0. The molecule has 3 rings (SSSR count). The lowest BCUT2D eigenvalue weighted by atomic mass is 10.2. The zero-order valence-electron chi connectivity index (χ0n) is 18.1. The summed E-state index contributed by atoms with van der Waals surface area (Å²) in [5.74, 6) is 2.61. The number of methoxy groups -OCH3 is 1. The maximum absolute atomic E-state index is 11.9. The van der Waals surface area contributed by atoms with E-state index < -0.39 is 0 Å². The maximum Gasteiger partial charge on any atom is 0.257 e.